The van der Waals surface area contributed by atoms with E-state index < -0.39 is 0 Å². The third kappa shape index (κ3) is 3.96. The third-order valence-electron chi connectivity index (χ3n) is 6.29. The molecule has 0 saturated carbocycles. The molecule has 4 aromatic heterocycles. The molecule has 0 fully saturated rings. The monoisotopic (exact) mass is 489 g/mol. The average molecular weight is 490 g/mol. The number of hydrogen-bond donors (Lipinski definition) is 2. The fraction of sp³-hybridized carbons (Fsp3) is 0.107. The Morgan fingerprint density at radius 2 is 2.00 bits per heavy atom. The van der Waals surface area contributed by atoms with Crippen molar-refractivity contribution in [2.75, 3.05) is 10.6 Å². The Morgan fingerprint density at radius 1 is 1.16 bits per heavy atom. The first-order chi connectivity index (χ1) is 18.0. The Kier molecular flexibility index (Phi) is 5.37. The molecule has 0 spiro atoms. The van der Waals surface area contributed by atoms with Gasteiger partial charge in [0.05, 0.1) is 23.0 Å². The molecule has 9 heteroatoms. The lowest BCUT2D eigenvalue weighted by atomic mass is 10.00. The van der Waals surface area contributed by atoms with Crippen molar-refractivity contribution in [2.24, 2.45) is 7.05 Å². The SMILES string of the molecule is C=CC(=O)Nc1ccc(-c2c3c4c(ncnc4n2C)NCc2cc(Oc4cccc(C)n4)cnc2-3)cc1. The molecular formula is C28H23N7O2. The van der Waals surface area contributed by atoms with Gasteiger partial charge in [-0.2, -0.15) is 0 Å². The Morgan fingerprint density at radius 3 is 2.78 bits per heavy atom. The van der Waals surface area contributed by atoms with Gasteiger partial charge in [0.1, 0.15) is 23.5 Å². The average Bonchev–Trinajstić information content (AvgIpc) is 3.10. The number of carbonyl (C=O) groups is 1. The molecule has 1 amide bonds. The number of anilines is 2. The van der Waals surface area contributed by atoms with Crippen LogP contribution in [0.2, 0.25) is 0 Å². The second-order valence-corrected chi connectivity index (χ2v) is 8.73. The molecule has 37 heavy (non-hydrogen) atoms. The molecule has 5 heterocycles. The van der Waals surface area contributed by atoms with E-state index in [0.29, 0.717) is 23.9 Å². The number of rotatable bonds is 5. The van der Waals surface area contributed by atoms with Crippen LogP contribution in [0.15, 0.2) is 73.7 Å². The van der Waals surface area contributed by atoms with Crippen LogP contribution >= 0.6 is 0 Å². The summed E-state index contributed by atoms with van der Waals surface area (Å²) in [5.74, 6) is 1.61. The lowest BCUT2D eigenvalue weighted by Gasteiger charge is -2.13. The number of nitrogens with zero attached hydrogens (tertiary/aromatic N) is 5. The summed E-state index contributed by atoms with van der Waals surface area (Å²) in [4.78, 5) is 30.1. The van der Waals surface area contributed by atoms with E-state index in [1.54, 1.807) is 12.5 Å². The van der Waals surface area contributed by atoms with Crippen LogP contribution in [0.4, 0.5) is 11.5 Å². The number of hydrogen-bond acceptors (Lipinski definition) is 7. The van der Waals surface area contributed by atoms with Crippen LogP contribution in [0, 0.1) is 6.92 Å². The molecule has 0 saturated heterocycles. The highest BCUT2D eigenvalue weighted by Gasteiger charge is 2.27. The number of aryl methyl sites for hydroxylation is 2. The summed E-state index contributed by atoms with van der Waals surface area (Å²) in [6.45, 7) is 5.95. The summed E-state index contributed by atoms with van der Waals surface area (Å²) in [5, 5.41) is 7.14. The number of carbonyl (C=O) groups excluding carboxylic acids is 1. The summed E-state index contributed by atoms with van der Waals surface area (Å²) >= 11 is 0. The number of fused-ring (bicyclic) bond motifs is 2. The molecule has 0 bridgehead atoms. The smallest absolute Gasteiger partial charge is 0.247 e. The highest BCUT2D eigenvalue weighted by molar-refractivity contribution is 6.09. The largest absolute Gasteiger partial charge is 0.437 e. The van der Waals surface area contributed by atoms with Gasteiger partial charge in [0.15, 0.2) is 0 Å². The van der Waals surface area contributed by atoms with Gasteiger partial charge < -0.3 is 19.9 Å². The molecule has 1 aliphatic rings. The molecule has 5 aromatic rings. The van der Waals surface area contributed by atoms with Gasteiger partial charge in [-0.1, -0.05) is 24.8 Å². The van der Waals surface area contributed by atoms with Crippen LogP contribution < -0.4 is 15.4 Å². The van der Waals surface area contributed by atoms with E-state index in [9.17, 15) is 4.79 Å². The Labute approximate surface area is 212 Å². The van der Waals surface area contributed by atoms with E-state index >= 15 is 0 Å². The van der Waals surface area contributed by atoms with Crippen molar-refractivity contribution in [2.45, 2.75) is 13.5 Å². The van der Waals surface area contributed by atoms with Gasteiger partial charge in [0.2, 0.25) is 11.8 Å². The number of amides is 1. The Bertz CT molecular complexity index is 1690. The molecule has 9 nitrogen and oxygen atoms in total. The number of ether oxygens (including phenoxy) is 1. The fourth-order valence-corrected chi connectivity index (χ4v) is 4.64. The maximum absolute atomic E-state index is 11.7. The molecule has 0 radical (unpaired) electrons. The molecule has 182 valence electrons. The predicted octanol–water partition coefficient (Wildman–Crippen LogP) is 5.24. The van der Waals surface area contributed by atoms with E-state index in [2.05, 4.69) is 32.2 Å². The minimum Gasteiger partial charge on any atom is -0.437 e. The number of benzene rings is 1. The quantitative estimate of drug-likeness (QED) is 0.325. The molecule has 0 aliphatic carbocycles. The summed E-state index contributed by atoms with van der Waals surface area (Å²) in [6.07, 6.45) is 4.52. The highest BCUT2D eigenvalue weighted by atomic mass is 16.5. The van der Waals surface area contributed by atoms with Crippen LogP contribution in [-0.4, -0.2) is 30.4 Å². The lowest BCUT2D eigenvalue weighted by Crippen LogP contribution is -2.07. The summed E-state index contributed by atoms with van der Waals surface area (Å²) in [5.41, 5.74) is 7.00. The first-order valence-electron chi connectivity index (χ1n) is 11.7. The zero-order chi connectivity index (χ0) is 25.5. The maximum atomic E-state index is 11.7. The van der Waals surface area contributed by atoms with Crippen molar-refractivity contribution < 1.29 is 9.53 Å². The van der Waals surface area contributed by atoms with Gasteiger partial charge in [-0.25, -0.2) is 15.0 Å². The number of pyridine rings is 2. The number of nitrogens with one attached hydrogen (secondary N) is 2. The van der Waals surface area contributed by atoms with Crippen LogP contribution in [0.3, 0.4) is 0 Å². The summed E-state index contributed by atoms with van der Waals surface area (Å²) < 4.78 is 8.06. The zero-order valence-electron chi connectivity index (χ0n) is 20.3. The molecule has 2 N–H and O–H groups in total. The maximum Gasteiger partial charge on any atom is 0.247 e. The number of aromatic nitrogens is 5. The van der Waals surface area contributed by atoms with Crippen LogP contribution in [0.25, 0.3) is 33.5 Å². The second kappa shape index (κ2) is 8.87. The summed E-state index contributed by atoms with van der Waals surface area (Å²) in [6, 6.07) is 15.3. The van der Waals surface area contributed by atoms with Crippen LogP contribution in [0.1, 0.15) is 11.3 Å². The summed E-state index contributed by atoms with van der Waals surface area (Å²) in [7, 11) is 1.98. The van der Waals surface area contributed by atoms with Crippen LogP contribution in [-0.2, 0) is 18.4 Å². The van der Waals surface area contributed by atoms with Gasteiger partial charge in [0.25, 0.3) is 0 Å². The van der Waals surface area contributed by atoms with Crippen molar-refractivity contribution in [1.29, 1.82) is 0 Å². The van der Waals surface area contributed by atoms with E-state index in [0.717, 1.165) is 50.6 Å². The van der Waals surface area contributed by atoms with E-state index in [-0.39, 0.29) is 5.91 Å². The predicted molar refractivity (Wildman–Crippen MR) is 142 cm³/mol. The Hall–Kier alpha value is -5.05. The molecule has 1 aliphatic heterocycles. The third-order valence-corrected chi connectivity index (χ3v) is 6.29. The fourth-order valence-electron chi connectivity index (χ4n) is 4.64. The molecule has 1 aromatic carbocycles. The van der Waals surface area contributed by atoms with E-state index in [4.69, 9.17) is 9.72 Å². The minimum absolute atomic E-state index is 0.257. The second-order valence-electron chi connectivity index (χ2n) is 8.73. The molecule has 0 atom stereocenters. The molecule has 6 rings (SSSR count). The zero-order valence-corrected chi connectivity index (χ0v) is 20.3. The normalized spacial score (nSPS) is 11.8. The standard InChI is InChI=1S/C28H23N7O2/c1-4-21(36)34-19-10-8-17(9-11-19)26-23-24-27(31-15-32-28(24)35(26)3)30-13-18-12-20(14-29-25(18)23)37-22-7-5-6-16(2)33-22/h4-12,14-15H,1,13H2,2-3H3,(H,34,36)(H,30,31,32). The van der Waals surface area contributed by atoms with Gasteiger partial charge in [-0.15, -0.1) is 0 Å². The van der Waals surface area contributed by atoms with Crippen molar-refractivity contribution >= 4 is 28.4 Å². The van der Waals surface area contributed by atoms with Gasteiger partial charge in [0, 0.05) is 42.2 Å². The topological polar surface area (TPSA) is 107 Å². The highest BCUT2D eigenvalue weighted by Crippen LogP contribution is 2.45. The van der Waals surface area contributed by atoms with E-state index in [1.807, 2.05) is 67.1 Å². The van der Waals surface area contributed by atoms with Crippen molar-refractivity contribution in [1.82, 2.24) is 24.5 Å². The first-order valence-corrected chi connectivity index (χ1v) is 11.7. The van der Waals surface area contributed by atoms with Crippen molar-refractivity contribution in [3.05, 3.63) is 85.0 Å². The van der Waals surface area contributed by atoms with Gasteiger partial charge in [-0.3, -0.25) is 9.78 Å². The van der Waals surface area contributed by atoms with Crippen LogP contribution in [0.5, 0.6) is 11.6 Å². The van der Waals surface area contributed by atoms with Gasteiger partial charge in [-0.05, 0) is 42.8 Å². The van der Waals surface area contributed by atoms with Crippen molar-refractivity contribution in [3.8, 4) is 34.1 Å². The van der Waals surface area contributed by atoms with Crippen molar-refractivity contribution in [3.63, 3.8) is 0 Å². The molecule has 0 unspecified atom stereocenters. The minimum atomic E-state index is -0.257. The van der Waals surface area contributed by atoms with E-state index in [1.165, 1.54) is 6.08 Å². The molecular weight excluding hydrogens is 466 g/mol. The van der Waals surface area contributed by atoms with Gasteiger partial charge >= 0.3 is 0 Å². The Balaban J connectivity index is 1.48. The first kappa shape index (κ1) is 22.4. The lowest BCUT2D eigenvalue weighted by molar-refractivity contribution is -0.111.